The molecule has 1 amide bonds. The molecule has 2 aliphatic heterocycles. The van der Waals surface area contributed by atoms with Crippen molar-refractivity contribution >= 4 is 17.5 Å². The Labute approximate surface area is 130 Å². The lowest BCUT2D eigenvalue weighted by Gasteiger charge is -2.41. The second kappa shape index (κ2) is 5.85. The van der Waals surface area contributed by atoms with Gasteiger partial charge in [0.05, 0.1) is 5.92 Å². The zero-order valence-corrected chi connectivity index (χ0v) is 13.2. The minimum absolute atomic E-state index is 0.108. The number of hydrogen-bond acceptors (Lipinski definition) is 3. The number of hydrogen-bond donors (Lipinski definition) is 1. The van der Waals surface area contributed by atoms with Gasteiger partial charge in [0.2, 0.25) is 5.91 Å². The third-order valence-electron chi connectivity index (χ3n) is 4.60. The molecule has 0 spiro atoms. The number of fused-ring (bicyclic) bond motifs is 1. The van der Waals surface area contributed by atoms with E-state index in [0.29, 0.717) is 24.1 Å². The number of nitrogens with zero attached hydrogens (tertiary/aromatic N) is 1. The Morgan fingerprint density at radius 3 is 3.05 bits per heavy atom. The molecular formula is C16H21ClN2O2. The molecule has 3 unspecified atom stereocenters. The van der Waals surface area contributed by atoms with Crippen LogP contribution in [0.4, 0.5) is 0 Å². The maximum Gasteiger partial charge on any atom is 0.229 e. The van der Waals surface area contributed by atoms with Crippen LogP contribution in [0, 0.1) is 5.92 Å². The molecule has 2 heterocycles. The highest BCUT2D eigenvalue weighted by Gasteiger charge is 2.34. The van der Waals surface area contributed by atoms with Gasteiger partial charge >= 0.3 is 0 Å². The van der Waals surface area contributed by atoms with Crippen LogP contribution in [0.15, 0.2) is 18.2 Å². The first-order valence-electron chi connectivity index (χ1n) is 7.51. The van der Waals surface area contributed by atoms with E-state index in [1.165, 1.54) is 0 Å². The van der Waals surface area contributed by atoms with E-state index in [1.54, 1.807) is 0 Å². The molecule has 3 rings (SSSR count). The maximum absolute atomic E-state index is 12.8. The molecule has 0 bridgehead atoms. The molecule has 3 atom stereocenters. The van der Waals surface area contributed by atoms with Crippen molar-refractivity contribution in [2.45, 2.75) is 32.4 Å². The van der Waals surface area contributed by atoms with E-state index in [0.717, 1.165) is 24.4 Å². The van der Waals surface area contributed by atoms with E-state index in [2.05, 4.69) is 19.2 Å². The van der Waals surface area contributed by atoms with Crippen LogP contribution in [-0.2, 0) is 11.2 Å². The Kier molecular flexibility index (Phi) is 4.09. The molecule has 0 aliphatic carbocycles. The van der Waals surface area contributed by atoms with Crippen molar-refractivity contribution in [3.8, 4) is 5.75 Å². The summed E-state index contributed by atoms with van der Waals surface area (Å²) in [6.07, 6.45) is 0.708. The number of rotatable bonds is 1. The quantitative estimate of drug-likeness (QED) is 0.864. The molecular weight excluding hydrogens is 288 g/mol. The van der Waals surface area contributed by atoms with Gasteiger partial charge in [-0.3, -0.25) is 4.79 Å². The number of carbonyl (C=O) groups is 1. The van der Waals surface area contributed by atoms with E-state index < -0.39 is 0 Å². The van der Waals surface area contributed by atoms with E-state index >= 15 is 0 Å². The predicted molar refractivity (Wildman–Crippen MR) is 82.8 cm³/mol. The highest BCUT2D eigenvalue weighted by molar-refractivity contribution is 6.30. The standard InChI is InChI=1S/C16H21ClN2O2/c1-10-11(2)19(6-5-18-10)16(20)13-7-12-8-14(17)3-4-15(12)21-9-13/h3-4,8,10-11,13,18H,5-7,9H2,1-2H3. The fraction of sp³-hybridized carbons (Fsp3) is 0.562. The summed E-state index contributed by atoms with van der Waals surface area (Å²) in [4.78, 5) is 14.8. The average molecular weight is 309 g/mol. The van der Waals surface area contributed by atoms with Gasteiger partial charge in [0.1, 0.15) is 12.4 Å². The summed E-state index contributed by atoms with van der Waals surface area (Å²) in [7, 11) is 0. The van der Waals surface area contributed by atoms with Gasteiger partial charge in [0.15, 0.2) is 0 Å². The van der Waals surface area contributed by atoms with Crippen LogP contribution >= 0.6 is 11.6 Å². The van der Waals surface area contributed by atoms with E-state index in [-0.39, 0.29) is 17.9 Å². The summed E-state index contributed by atoms with van der Waals surface area (Å²) in [6.45, 7) is 6.30. The van der Waals surface area contributed by atoms with E-state index in [1.807, 2.05) is 23.1 Å². The molecule has 0 radical (unpaired) electrons. The van der Waals surface area contributed by atoms with Gasteiger partial charge < -0.3 is 15.0 Å². The predicted octanol–water partition coefficient (Wildman–Crippen LogP) is 2.10. The highest BCUT2D eigenvalue weighted by Crippen LogP contribution is 2.31. The van der Waals surface area contributed by atoms with Crippen molar-refractivity contribution in [3.05, 3.63) is 28.8 Å². The second-order valence-corrected chi connectivity index (χ2v) is 6.42. The Morgan fingerprint density at radius 1 is 1.43 bits per heavy atom. The molecule has 0 saturated carbocycles. The van der Waals surface area contributed by atoms with E-state index in [4.69, 9.17) is 16.3 Å². The monoisotopic (exact) mass is 308 g/mol. The minimum atomic E-state index is -0.108. The first-order valence-corrected chi connectivity index (χ1v) is 7.89. The zero-order chi connectivity index (χ0) is 15.0. The molecule has 5 heteroatoms. The number of benzene rings is 1. The van der Waals surface area contributed by atoms with Crippen LogP contribution in [-0.4, -0.2) is 42.6 Å². The minimum Gasteiger partial charge on any atom is -0.492 e. The van der Waals surface area contributed by atoms with Crippen LogP contribution in [0.25, 0.3) is 0 Å². The molecule has 2 aliphatic rings. The largest absolute Gasteiger partial charge is 0.492 e. The first-order chi connectivity index (χ1) is 10.1. The summed E-state index contributed by atoms with van der Waals surface area (Å²) in [5.41, 5.74) is 1.03. The van der Waals surface area contributed by atoms with Crippen molar-refractivity contribution in [2.24, 2.45) is 5.92 Å². The third-order valence-corrected chi connectivity index (χ3v) is 4.83. The molecule has 114 valence electrons. The molecule has 1 fully saturated rings. The number of nitrogens with one attached hydrogen (secondary N) is 1. The number of halogens is 1. The van der Waals surface area contributed by atoms with E-state index in [9.17, 15) is 4.79 Å². The Hall–Kier alpha value is -1.26. The molecule has 1 saturated heterocycles. The molecule has 21 heavy (non-hydrogen) atoms. The SMILES string of the molecule is CC1NCCN(C(=O)C2COc3ccc(Cl)cc3C2)C1C. The molecule has 1 N–H and O–H groups in total. The molecule has 4 nitrogen and oxygen atoms in total. The summed E-state index contributed by atoms with van der Waals surface area (Å²) in [5.74, 6) is 0.940. The molecule has 1 aromatic carbocycles. The molecule has 0 aromatic heterocycles. The summed E-state index contributed by atoms with van der Waals surface area (Å²) in [6, 6.07) is 6.15. The Morgan fingerprint density at radius 2 is 2.24 bits per heavy atom. The van der Waals surface area contributed by atoms with Crippen LogP contribution in [0.5, 0.6) is 5.75 Å². The van der Waals surface area contributed by atoms with Crippen molar-refractivity contribution in [1.29, 1.82) is 0 Å². The van der Waals surface area contributed by atoms with Crippen molar-refractivity contribution in [3.63, 3.8) is 0 Å². The summed E-state index contributed by atoms with van der Waals surface area (Å²) >= 11 is 6.04. The van der Waals surface area contributed by atoms with Gasteiger partial charge in [0, 0.05) is 30.2 Å². The highest BCUT2D eigenvalue weighted by atomic mass is 35.5. The topological polar surface area (TPSA) is 41.6 Å². The smallest absolute Gasteiger partial charge is 0.229 e. The van der Waals surface area contributed by atoms with Gasteiger partial charge in [-0.15, -0.1) is 0 Å². The molecule has 1 aromatic rings. The van der Waals surface area contributed by atoms with Crippen LogP contribution in [0.3, 0.4) is 0 Å². The summed E-state index contributed by atoms with van der Waals surface area (Å²) < 4.78 is 5.74. The lowest BCUT2D eigenvalue weighted by Crippen LogP contribution is -2.59. The number of carbonyl (C=O) groups excluding carboxylic acids is 1. The fourth-order valence-electron chi connectivity index (χ4n) is 3.12. The normalized spacial score (nSPS) is 28.7. The number of ether oxygens (including phenoxy) is 1. The first kappa shape index (κ1) is 14.7. The maximum atomic E-state index is 12.8. The number of amides is 1. The zero-order valence-electron chi connectivity index (χ0n) is 12.4. The van der Waals surface area contributed by atoms with Crippen molar-refractivity contribution < 1.29 is 9.53 Å². The van der Waals surface area contributed by atoms with Gasteiger partial charge in [-0.05, 0) is 44.0 Å². The fourth-order valence-corrected chi connectivity index (χ4v) is 3.32. The number of piperazine rings is 1. The van der Waals surface area contributed by atoms with Crippen LogP contribution in [0.1, 0.15) is 19.4 Å². The third kappa shape index (κ3) is 2.87. The second-order valence-electron chi connectivity index (χ2n) is 5.98. The summed E-state index contributed by atoms with van der Waals surface area (Å²) in [5, 5.41) is 4.09. The van der Waals surface area contributed by atoms with Crippen LogP contribution in [0.2, 0.25) is 5.02 Å². The van der Waals surface area contributed by atoms with Crippen molar-refractivity contribution in [2.75, 3.05) is 19.7 Å². The Bertz CT molecular complexity index is 549. The Balaban J connectivity index is 1.74. The lowest BCUT2D eigenvalue weighted by atomic mass is 9.94. The van der Waals surface area contributed by atoms with Gasteiger partial charge in [-0.1, -0.05) is 11.6 Å². The lowest BCUT2D eigenvalue weighted by molar-refractivity contribution is -0.140. The average Bonchev–Trinajstić information content (AvgIpc) is 2.48. The van der Waals surface area contributed by atoms with Gasteiger partial charge in [0.25, 0.3) is 0 Å². The van der Waals surface area contributed by atoms with Gasteiger partial charge in [-0.2, -0.15) is 0 Å². The van der Waals surface area contributed by atoms with Crippen molar-refractivity contribution in [1.82, 2.24) is 10.2 Å². The van der Waals surface area contributed by atoms with Crippen LogP contribution < -0.4 is 10.1 Å². The van der Waals surface area contributed by atoms with Gasteiger partial charge in [-0.25, -0.2) is 0 Å².